The number of nitrogens with one attached hydrogen (secondary N) is 2. The Labute approximate surface area is 146 Å². The fraction of sp³-hybridized carbons (Fsp3) is 0.500. The molecule has 0 unspecified atom stereocenters. The van der Waals surface area contributed by atoms with Gasteiger partial charge in [0, 0.05) is 37.1 Å². The quantitative estimate of drug-likeness (QED) is 0.816. The lowest BCUT2D eigenvalue weighted by molar-refractivity contribution is -0.121. The molecule has 2 N–H and O–H groups in total. The van der Waals surface area contributed by atoms with Gasteiger partial charge in [-0.2, -0.15) is 5.10 Å². The number of rotatable bonds is 6. The number of methoxy groups -OCH3 is 1. The Kier molecular flexibility index (Phi) is 5.53. The van der Waals surface area contributed by atoms with E-state index >= 15 is 0 Å². The molecule has 3 rings (SSSR count). The summed E-state index contributed by atoms with van der Waals surface area (Å²) in [6.07, 6.45) is 2.92. The maximum absolute atomic E-state index is 12.0. The number of hydrogen-bond acceptors (Lipinski definition) is 5. The summed E-state index contributed by atoms with van der Waals surface area (Å²) in [5.41, 5.74) is 4.46. The molecule has 0 spiro atoms. The van der Waals surface area contributed by atoms with Crippen LogP contribution in [0, 0.1) is 5.92 Å². The van der Waals surface area contributed by atoms with Crippen LogP contribution in [0.5, 0.6) is 11.5 Å². The summed E-state index contributed by atoms with van der Waals surface area (Å²) in [5.74, 6) is 1.84. The molecule has 0 fully saturated rings. The van der Waals surface area contributed by atoms with Gasteiger partial charge in [0.2, 0.25) is 11.8 Å². The number of benzene rings is 1. The molecule has 2 amide bonds. The molecule has 1 aromatic rings. The molecule has 0 saturated carbocycles. The van der Waals surface area contributed by atoms with Crippen LogP contribution in [0.4, 0.5) is 0 Å². The van der Waals surface area contributed by atoms with E-state index in [1.54, 1.807) is 7.11 Å². The minimum absolute atomic E-state index is 0.000118. The lowest BCUT2D eigenvalue weighted by atomic mass is 9.96. The second-order valence-corrected chi connectivity index (χ2v) is 6.37. The minimum Gasteiger partial charge on any atom is -0.497 e. The molecule has 1 aromatic carbocycles. The first-order valence-electron chi connectivity index (χ1n) is 8.54. The van der Waals surface area contributed by atoms with E-state index in [9.17, 15) is 9.59 Å². The Hall–Kier alpha value is -2.57. The SMILES string of the molecule is COc1ccc2c(c1)OC[C@@H](CNC(=O)CCC1=NNC(=O)CC1)C2. The highest BCUT2D eigenvalue weighted by Gasteiger charge is 2.21. The number of amides is 2. The summed E-state index contributed by atoms with van der Waals surface area (Å²) < 4.78 is 11.0. The number of carbonyl (C=O) groups is 2. The van der Waals surface area contributed by atoms with Crippen LogP contribution in [0.1, 0.15) is 31.2 Å². The Bertz CT molecular complexity index is 687. The maximum atomic E-state index is 12.0. The largest absolute Gasteiger partial charge is 0.497 e. The van der Waals surface area contributed by atoms with E-state index in [-0.39, 0.29) is 17.7 Å². The number of ether oxygens (including phenoxy) is 2. The van der Waals surface area contributed by atoms with Crippen LogP contribution in [0.15, 0.2) is 23.3 Å². The smallest absolute Gasteiger partial charge is 0.240 e. The fourth-order valence-corrected chi connectivity index (χ4v) is 2.97. The van der Waals surface area contributed by atoms with Gasteiger partial charge in [0.1, 0.15) is 11.5 Å². The Morgan fingerprint density at radius 2 is 2.32 bits per heavy atom. The molecule has 2 heterocycles. The normalized spacial score (nSPS) is 19.2. The highest BCUT2D eigenvalue weighted by Crippen LogP contribution is 2.30. The molecule has 7 heteroatoms. The predicted molar refractivity (Wildman–Crippen MR) is 92.7 cm³/mol. The van der Waals surface area contributed by atoms with Gasteiger partial charge in [-0.15, -0.1) is 0 Å². The Morgan fingerprint density at radius 1 is 1.44 bits per heavy atom. The third-order valence-electron chi connectivity index (χ3n) is 4.47. The van der Waals surface area contributed by atoms with Gasteiger partial charge >= 0.3 is 0 Å². The predicted octanol–water partition coefficient (Wildman–Crippen LogP) is 1.41. The van der Waals surface area contributed by atoms with Gasteiger partial charge in [0.25, 0.3) is 0 Å². The Balaban J connectivity index is 1.41. The molecule has 7 nitrogen and oxygen atoms in total. The molecule has 2 aliphatic rings. The van der Waals surface area contributed by atoms with Gasteiger partial charge in [-0.05, 0) is 30.9 Å². The summed E-state index contributed by atoms with van der Waals surface area (Å²) in [6.45, 7) is 1.17. The average molecular weight is 345 g/mol. The molecular weight excluding hydrogens is 322 g/mol. The van der Waals surface area contributed by atoms with Crippen LogP contribution in [0.25, 0.3) is 0 Å². The molecule has 0 radical (unpaired) electrons. The van der Waals surface area contributed by atoms with E-state index in [1.165, 1.54) is 0 Å². The van der Waals surface area contributed by atoms with Crippen molar-refractivity contribution in [1.82, 2.24) is 10.7 Å². The first-order chi connectivity index (χ1) is 12.1. The van der Waals surface area contributed by atoms with Crippen LogP contribution >= 0.6 is 0 Å². The van der Waals surface area contributed by atoms with Crippen molar-refractivity contribution < 1.29 is 19.1 Å². The van der Waals surface area contributed by atoms with Crippen LogP contribution in [0.3, 0.4) is 0 Å². The van der Waals surface area contributed by atoms with Crippen molar-refractivity contribution in [3.05, 3.63) is 23.8 Å². The van der Waals surface area contributed by atoms with Crippen LogP contribution in [-0.2, 0) is 16.0 Å². The topological polar surface area (TPSA) is 89.0 Å². The van der Waals surface area contributed by atoms with Crippen LogP contribution in [-0.4, -0.2) is 37.8 Å². The van der Waals surface area contributed by atoms with Crippen molar-refractivity contribution in [3.63, 3.8) is 0 Å². The molecule has 134 valence electrons. The highest BCUT2D eigenvalue weighted by atomic mass is 16.5. The third kappa shape index (κ3) is 4.71. The monoisotopic (exact) mass is 345 g/mol. The summed E-state index contributed by atoms with van der Waals surface area (Å²) in [6, 6.07) is 5.83. The van der Waals surface area contributed by atoms with Gasteiger partial charge < -0.3 is 14.8 Å². The molecule has 25 heavy (non-hydrogen) atoms. The maximum Gasteiger partial charge on any atom is 0.240 e. The number of carbonyl (C=O) groups excluding carboxylic acids is 2. The average Bonchev–Trinajstić information content (AvgIpc) is 2.65. The van der Waals surface area contributed by atoms with E-state index in [1.807, 2.05) is 18.2 Å². The van der Waals surface area contributed by atoms with Crippen molar-refractivity contribution in [3.8, 4) is 11.5 Å². The lowest BCUT2D eigenvalue weighted by Gasteiger charge is -2.25. The molecule has 1 atom stereocenters. The molecule has 0 aliphatic carbocycles. The summed E-state index contributed by atoms with van der Waals surface area (Å²) in [5, 5.41) is 6.95. The van der Waals surface area contributed by atoms with E-state index in [2.05, 4.69) is 15.8 Å². The van der Waals surface area contributed by atoms with Crippen molar-refractivity contribution in [2.45, 2.75) is 32.1 Å². The molecule has 0 saturated heterocycles. The lowest BCUT2D eigenvalue weighted by Crippen LogP contribution is -2.35. The zero-order valence-electron chi connectivity index (χ0n) is 14.3. The summed E-state index contributed by atoms with van der Waals surface area (Å²) in [7, 11) is 1.63. The number of hydrazone groups is 1. The fourth-order valence-electron chi connectivity index (χ4n) is 2.97. The second kappa shape index (κ2) is 8.00. The van der Waals surface area contributed by atoms with Gasteiger partial charge in [0.05, 0.1) is 13.7 Å². The Morgan fingerprint density at radius 3 is 3.08 bits per heavy atom. The van der Waals surface area contributed by atoms with E-state index in [0.29, 0.717) is 38.8 Å². The van der Waals surface area contributed by atoms with E-state index < -0.39 is 0 Å². The van der Waals surface area contributed by atoms with Gasteiger partial charge in [-0.1, -0.05) is 6.07 Å². The molecular formula is C18H23N3O4. The minimum atomic E-state index is -0.0663. The number of nitrogens with zero attached hydrogens (tertiary/aromatic N) is 1. The summed E-state index contributed by atoms with van der Waals surface area (Å²) >= 11 is 0. The van der Waals surface area contributed by atoms with Gasteiger partial charge in [-0.3, -0.25) is 9.59 Å². The molecule has 2 aliphatic heterocycles. The van der Waals surface area contributed by atoms with Crippen LogP contribution in [0.2, 0.25) is 0 Å². The molecule has 0 bridgehead atoms. The van der Waals surface area contributed by atoms with Crippen molar-refractivity contribution in [1.29, 1.82) is 0 Å². The van der Waals surface area contributed by atoms with E-state index in [4.69, 9.17) is 9.47 Å². The zero-order valence-corrected chi connectivity index (χ0v) is 14.3. The van der Waals surface area contributed by atoms with Gasteiger partial charge in [-0.25, -0.2) is 5.43 Å². The standard InChI is InChI=1S/C18H23N3O4/c1-24-15-5-2-13-8-12(11-25-16(13)9-15)10-19-17(22)6-3-14-4-7-18(23)21-20-14/h2,5,9,12H,3-4,6-8,10-11H2,1H3,(H,19,22)(H,21,23)/t12-/m1/s1. The molecule has 0 aromatic heterocycles. The van der Waals surface area contributed by atoms with Gasteiger partial charge in [0.15, 0.2) is 0 Å². The summed E-state index contributed by atoms with van der Waals surface area (Å²) in [4.78, 5) is 23.0. The third-order valence-corrected chi connectivity index (χ3v) is 4.47. The first kappa shape index (κ1) is 17.3. The van der Waals surface area contributed by atoms with Crippen LogP contribution < -0.4 is 20.2 Å². The van der Waals surface area contributed by atoms with Crippen molar-refractivity contribution in [2.24, 2.45) is 11.0 Å². The van der Waals surface area contributed by atoms with E-state index in [0.717, 1.165) is 29.2 Å². The number of fused-ring (bicyclic) bond motifs is 1. The van der Waals surface area contributed by atoms with Crippen molar-refractivity contribution in [2.75, 3.05) is 20.3 Å². The zero-order chi connectivity index (χ0) is 17.6. The number of hydrogen-bond donors (Lipinski definition) is 2. The highest BCUT2D eigenvalue weighted by molar-refractivity contribution is 5.94. The second-order valence-electron chi connectivity index (χ2n) is 6.37. The first-order valence-corrected chi connectivity index (χ1v) is 8.54. The van der Waals surface area contributed by atoms with Crippen molar-refractivity contribution >= 4 is 17.5 Å².